The van der Waals surface area contributed by atoms with Crippen molar-refractivity contribution in [2.24, 2.45) is 0 Å². The molecule has 0 bridgehead atoms. The van der Waals surface area contributed by atoms with Gasteiger partial charge >= 0.3 is 6.09 Å². The van der Waals surface area contributed by atoms with Crippen LogP contribution in [-0.2, 0) is 4.74 Å². The zero-order valence-electron chi connectivity index (χ0n) is 7.05. The van der Waals surface area contributed by atoms with E-state index in [2.05, 4.69) is 0 Å². The van der Waals surface area contributed by atoms with Gasteiger partial charge in [0.25, 0.3) is 0 Å². The molecule has 0 spiro atoms. The van der Waals surface area contributed by atoms with Crippen LogP contribution in [0.2, 0.25) is 0 Å². The van der Waals surface area contributed by atoms with E-state index in [9.17, 15) is 4.79 Å². The molecule has 0 fully saturated rings. The van der Waals surface area contributed by atoms with Crippen molar-refractivity contribution < 1.29 is 9.53 Å². The van der Waals surface area contributed by atoms with E-state index < -0.39 is 0 Å². The van der Waals surface area contributed by atoms with Gasteiger partial charge < -0.3 is 9.64 Å². The largest absolute Gasteiger partial charge is 0.446 e. The minimum absolute atomic E-state index is 0.0231. The lowest BCUT2D eigenvalue weighted by atomic mass is 10.3. The molecule has 60 valence electrons. The number of rotatable bonds is 2. The van der Waals surface area contributed by atoms with Crippen LogP contribution in [-0.4, -0.2) is 31.2 Å². The highest BCUT2D eigenvalue weighted by molar-refractivity contribution is 5.66. The smallest absolute Gasteiger partial charge is 0.409 e. The van der Waals surface area contributed by atoms with Crippen LogP contribution in [0, 0.1) is 0 Å². The van der Waals surface area contributed by atoms with Crippen molar-refractivity contribution in [1.29, 1.82) is 0 Å². The van der Waals surface area contributed by atoms with Gasteiger partial charge in [-0.05, 0) is 13.3 Å². The summed E-state index contributed by atoms with van der Waals surface area (Å²) in [7, 11) is 3.34. The van der Waals surface area contributed by atoms with Gasteiger partial charge in [0.15, 0.2) is 0 Å². The third-order valence-electron chi connectivity index (χ3n) is 1.24. The summed E-state index contributed by atoms with van der Waals surface area (Å²) in [6, 6.07) is 0. The summed E-state index contributed by atoms with van der Waals surface area (Å²) in [4.78, 5) is 12.2. The first-order valence-electron chi connectivity index (χ1n) is 3.45. The molecule has 0 saturated carbocycles. The molecule has 3 heteroatoms. The van der Waals surface area contributed by atoms with Crippen LogP contribution in [0.5, 0.6) is 0 Å². The van der Waals surface area contributed by atoms with E-state index in [4.69, 9.17) is 4.74 Å². The van der Waals surface area contributed by atoms with Crippen LogP contribution in [0.25, 0.3) is 0 Å². The summed E-state index contributed by atoms with van der Waals surface area (Å²) in [5, 5.41) is 0. The van der Waals surface area contributed by atoms with Crippen molar-refractivity contribution in [1.82, 2.24) is 4.90 Å². The van der Waals surface area contributed by atoms with Crippen LogP contribution >= 0.6 is 0 Å². The molecule has 0 rings (SSSR count). The average molecular weight is 145 g/mol. The molecule has 0 aromatic rings. The molecule has 0 N–H and O–H groups in total. The Kier molecular flexibility index (Phi) is 3.84. The molecule has 0 aliphatic rings. The molecule has 0 radical (unpaired) electrons. The third kappa shape index (κ3) is 3.33. The van der Waals surface area contributed by atoms with E-state index in [-0.39, 0.29) is 12.2 Å². The van der Waals surface area contributed by atoms with Crippen molar-refractivity contribution in [2.75, 3.05) is 14.1 Å². The van der Waals surface area contributed by atoms with Crippen molar-refractivity contribution in [3.63, 3.8) is 0 Å². The molecular formula is C7H15NO2. The molecule has 0 aliphatic carbocycles. The summed E-state index contributed by atoms with van der Waals surface area (Å²) in [5.74, 6) is 0. The van der Waals surface area contributed by atoms with Crippen molar-refractivity contribution in [3.8, 4) is 0 Å². The van der Waals surface area contributed by atoms with Gasteiger partial charge in [-0.3, -0.25) is 0 Å². The zero-order valence-corrected chi connectivity index (χ0v) is 7.05. The normalized spacial score (nSPS) is 12.4. The fourth-order valence-corrected chi connectivity index (χ4v) is 0.361. The lowest BCUT2D eigenvalue weighted by molar-refractivity contribution is 0.0810. The number of hydrogen-bond donors (Lipinski definition) is 0. The van der Waals surface area contributed by atoms with Crippen LogP contribution in [0.15, 0.2) is 0 Å². The Morgan fingerprint density at radius 3 is 2.40 bits per heavy atom. The first-order chi connectivity index (χ1) is 4.57. The fourth-order valence-electron chi connectivity index (χ4n) is 0.361. The Bertz CT molecular complexity index is 112. The summed E-state index contributed by atoms with van der Waals surface area (Å²) in [6.07, 6.45) is 0.615. The Labute approximate surface area is 62.0 Å². The SMILES string of the molecule is CCC(C)OC(=O)N(C)C. The van der Waals surface area contributed by atoms with E-state index in [0.29, 0.717) is 0 Å². The van der Waals surface area contributed by atoms with Gasteiger partial charge in [0, 0.05) is 14.1 Å². The van der Waals surface area contributed by atoms with Gasteiger partial charge in [-0.2, -0.15) is 0 Å². The van der Waals surface area contributed by atoms with Crippen molar-refractivity contribution in [3.05, 3.63) is 0 Å². The first-order valence-corrected chi connectivity index (χ1v) is 3.45. The molecule has 0 aliphatic heterocycles. The highest BCUT2D eigenvalue weighted by Gasteiger charge is 2.07. The van der Waals surface area contributed by atoms with Gasteiger partial charge in [-0.15, -0.1) is 0 Å². The maximum atomic E-state index is 10.8. The zero-order chi connectivity index (χ0) is 8.15. The Morgan fingerprint density at radius 2 is 2.10 bits per heavy atom. The van der Waals surface area contributed by atoms with Crippen LogP contribution in [0.4, 0.5) is 4.79 Å². The number of amides is 1. The predicted octanol–water partition coefficient (Wildman–Crippen LogP) is 1.48. The maximum Gasteiger partial charge on any atom is 0.409 e. The van der Waals surface area contributed by atoms with Gasteiger partial charge in [0.05, 0.1) is 0 Å². The topological polar surface area (TPSA) is 29.5 Å². The number of ether oxygens (including phenoxy) is 1. The Hall–Kier alpha value is -0.730. The minimum atomic E-state index is -0.269. The highest BCUT2D eigenvalue weighted by atomic mass is 16.6. The van der Waals surface area contributed by atoms with Crippen LogP contribution in [0.1, 0.15) is 20.3 Å². The van der Waals surface area contributed by atoms with Crippen LogP contribution < -0.4 is 0 Å². The lowest BCUT2D eigenvalue weighted by Crippen LogP contribution is -2.26. The number of hydrogen-bond acceptors (Lipinski definition) is 2. The number of carbonyl (C=O) groups is 1. The maximum absolute atomic E-state index is 10.8. The summed E-state index contributed by atoms with van der Waals surface area (Å²) < 4.78 is 4.95. The molecule has 3 nitrogen and oxygen atoms in total. The second kappa shape index (κ2) is 4.14. The predicted molar refractivity (Wildman–Crippen MR) is 39.9 cm³/mol. The molecule has 0 saturated heterocycles. The van der Waals surface area contributed by atoms with Crippen LogP contribution in [0.3, 0.4) is 0 Å². The summed E-state index contributed by atoms with van der Waals surface area (Å²) >= 11 is 0. The standard InChI is InChI=1S/C7H15NO2/c1-5-6(2)10-7(9)8(3)4/h6H,5H2,1-4H3. The average Bonchev–Trinajstić information content (AvgIpc) is 1.87. The van der Waals surface area contributed by atoms with E-state index in [0.717, 1.165) is 6.42 Å². The Balaban J connectivity index is 3.57. The van der Waals surface area contributed by atoms with E-state index in [1.807, 2.05) is 13.8 Å². The number of carbonyl (C=O) groups excluding carboxylic acids is 1. The van der Waals surface area contributed by atoms with E-state index >= 15 is 0 Å². The summed E-state index contributed by atoms with van der Waals surface area (Å²) in [5.41, 5.74) is 0. The van der Waals surface area contributed by atoms with Gasteiger partial charge in [0.2, 0.25) is 0 Å². The fraction of sp³-hybridized carbons (Fsp3) is 0.857. The van der Waals surface area contributed by atoms with E-state index in [1.54, 1.807) is 14.1 Å². The molecule has 0 aromatic carbocycles. The second-order valence-corrected chi connectivity index (χ2v) is 2.50. The number of nitrogens with zero attached hydrogens (tertiary/aromatic N) is 1. The van der Waals surface area contributed by atoms with Gasteiger partial charge in [-0.1, -0.05) is 6.92 Å². The van der Waals surface area contributed by atoms with Gasteiger partial charge in [-0.25, -0.2) is 4.79 Å². The van der Waals surface area contributed by atoms with E-state index in [1.165, 1.54) is 4.90 Å². The quantitative estimate of drug-likeness (QED) is 0.589. The Morgan fingerprint density at radius 1 is 1.60 bits per heavy atom. The second-order valence-electron chi connectivity index (χ2n) is 2.50. The lowest BCUT2D eigenvalue weighted by Gasteiger charge is -2.14. The molecule has 1 atom stereocenters. The minimum Gasteiger partial charge on any atom is -0.446 e. The molecule has 1 amide bonds. The molecule has 0 aromatic heterocycles. The molecule has 1 unspecified atom stereocenters. The van der Waals surface area contributed by atoms with Crippen molar-refractivity contribution >= 4 is 6.09 Å². The molecule has 0 heterocycles. The first kappa shape index (κ1) is 9.27. The molecule has 10 heavy (non-hydrogen) atoms. The third-order valence-corrected chi connectivity index (χ3v) is 1.24. The monoisotopic (exact) mass is 145 g/mol. The summed E-state index contributed by atoms with van der Waals surface area (Å²) in [6.45, 7) is 3.86. The highest BCUT2D eigenvalue weighted by Crippen LogP contribution is 1.97. The van der Waals surface area contributed by atoms with Crippen molar-refractivity contribution in [2.45, 2.75) is 26.4 Å². The van der Waals surface area contributed by atoms with Gasteiger partial charge in [0.1, 0.15) is 6.10 Å². The molecular weight excluding hydrogens is 130 g/mol.